The lowest BCUT2D eigenvalue weighted by molar-refractivity contribution is 0.102. The van der Waals surface area contributed by atoms with Gasteiger partial charge in [-0.05, 0) is 56.2 Å². The van der Waals surface area contributed by atoms with Gasteiger partial charge >= 0.3 is 0 Å². The molecule has 4 nitrogen and oxygen atoms in total. The molecular weight excluding hydrogens is 386 g/mol. The number of aromatic nitrogens is 2. The van der Waals surface area contributed by atoms with Crippen molar-refractivity contribution in [3.63, 3.8) is 0 Å². The Morgan fingerprint density at radius 3 is 2.29 bits per heavy atom. The molecule has 2 aromatic carbocycles. The van der Waals surface area contributed by atoms with E-state index in [1.807, 2.05) is 12.1 Å². The van der Waals surface area contributed by atoms with Gasteiger partial charge in [-0.25, -0.2) is 0 Å². The zero-order chi connectivity index (χ0) is 17.3. The summed E-state index contributed by atoms with van der Waals surface area (Å²) in [6, 6.07) is 11.4. The molecule has 3 rings (SSSR count). The number of nitrogens with zero attached hydrogens (tertiary/aromatic N) is 2. The molecule has 0 unspecified atom stereocenters. The van der Waals surface area contributed by atoms with E-state index < -0.39 is 0 Å². The Balaban J connectivity index is 1.84. The lowest BCUT2D eigenvalue weighted by Gasteiger charge is -2.07. The molecule has 0 saturated heterocycles. The number of hydrogen-bond acceptors (Lipinski definition) is 4. The molecule has 0 radical (unpaired) electrons. The highest BCUT2D eigenvalue weighted by Crippen LogP contribution is 2.32. The number of hydrogen-bond donors (Lipinski definition) is 1. The van der Waals surface area contributed by atoms with Gasteiger partial charge in [0.05, 0.1) is 0 Å². The van der Waals surface area contributed by atoms with Gasteiger partial charge in [-0.3, -0.25) is 10.1 Å². The Morgan fingerprint density at radius 2 is 1.67 bits per heavy atom. The standard InChI is InChI=1S/C18H16BrN3OS/c1-10-8-11(2)15(12(3)9-10)17-21-22-18(24-17)20-16(23)13-4-6-14(19)7-5-13/h4-9H,1-3H3,(H,20,22,23). The maximum Gasteiger partial charge on any atom is 0.257 e. The number of aryl methyl sites for hydroxylation is 3. The van der Waals surface area contributed by atoms with Crippen LogP contribution in [0.4, 0.5) is 5.13 Å². The molecule has 1 amide bonds. The highest BCUT2D eigenvalue weighted by molar-refractivity contribution is 9.10. The van der Waals surface area contributed by atoms with Crippen LogP contribution in [-0.2, 0) is 0 Å². The third-order valence-electron chi connectivity index (χ3n) is 3.64. The van der Waals surface area contributed by atoms with E-state index in [0.29, 0.717) is 10.7 Å². The van der Waals surface area contributed by atoms with Crippen molar-refractivity contribution >= 4 is 38.3 Å². The summed E-state index contributed by atoms with van der Waals surface area (Å²) in [4.78, 5) is 12.3. The summed E-state index contributed by atoms with van der Waals surface area (Å²) in [5.41, 5.74) is 5.21. The number of anilines is 1. The van der Waals surface area contributed by atoms with Gasteiger partial charge in [0, 0.05) is 15.6 Å². The Bertz CT molecular complexity index is 880. The van der Waals surface area contributed by atoms with Gasteiger partial charge in [0.25, 0.3) is 5.91 Å². The van der Waals surface area contributed by atoms with E-state index in [2.05, 4.69) is 64.3 Å². The summed E-state index contributed by atoms with van der Waals surface area (Å²) in [6.45, 7) is 6.21. The largest absolute Gasteiger partial charge is 0.296 e. The molecule has 0 fully saturated rings. The van der Waals surface area contributed by atoms with E-state index in [4.69, 9.17) is 0 Å². The number of carbonyl (C=O) groups excluding carboxylic acids is 1. The molecular formula is C18H16BrN3OS. The molecule has 122 valence electrons. The fourth-order valence-corrected chi connectivity index (χ4v) is 3.84. The molecule has 3 aromatic rings. The van der Waals surface area contributed by atoms with E-state index in [9.17, 15) is 4.79 Å². The molecule has 0 spiro atoms. The number of carbonyl (C=O) groups is 1. The molecule has 6 heteroatoms. The van der Waals surface area contributed by atoms with E-state index >= 15 is 0 Å². The fraction of sp³-hybridized carbons (Fsp3) is 0.167. The number of amides is 1. The van der Waals surface area contributed by atoms with Crippen LogP contribution in [0.15, 0.2) is 40.9 Å². The molecule has 1 heterocycles. The van der Waals surface area contributed by atoms with Crippen molar-refractivity contribution in [2.75, 3.05) is 5.32 Å². The van der Waals surface area contributed by atoms with Crippen LogP contribution in [0.3, 0.4) is 0 Å². The number of rotatable bonds is 3. The second kappa shape index (κ2) is 6.83. The first-order valence-corrected chi connectivity index (χ1v) is 9.03. The summed E-state index contributed by atoms with van der Waals surface area (Å²) in [6.07, 6.45) is 0. The van der Waals surface area contributed by atoms with Gasteiger partial charge in [0.2, 0.25) is 5.13 Å². The van der Waals surface area contributed by atoms with Gasteiger partial charge in [-0.2, -0.15) is 0 Å². The smallest absolute Gasteiger partial charge is 0.257 e. The van der Waals surface area contributed by atoms with E-state index in [0.717, 1.165) is 26.2 Å². The summed E-state index contributed by atoms with van der Waals surface area (Å²) >= 11 is 4.74. The van der Waals surface area contributed by atoms with E-state index in [1.165, 1.54) is 16.9 Å². The molecule has 24 heavy (non-hydrogen) atoms. The van der Waals surface area contributed by atoms with Crippen molar-refractivity contribution in [2.24, 2.45) is 0 Å². The SMILES string of the molecule is Cc1cc(C)c(-c2nnc(NC(=O)c3ccc(Br)cc3)s2)c(C)c1. The molecule has 0 aliphatic rings. The zero-order valence-electron chi connectivity index (χ0n) is 13.6. The number of nitrogens with one attached hydrogen (secondary N) is 1. The number of halogens is 1. The van der Waals surface area contributed by atoms with Gasteiger partial charge in [0.1, 0.15) is 5.01 Å². The van der Waals surface area contributed by atoms with Crippen molar-refractivity contribution in [3.05, 3.63) is 63.1 Å². The minimum Gasteiger partial charge on any atom is -0.296 e. The average Bonchev–Trinajstić information content (AvgIpc) is 2.95. The average molecular weight is 402 g/mol. The van der Waals surface area contributed by atoms with Crippen molar-refractivity contribution in [1.29, 1.82) is 0 Å². The lowest BCUT2D eigenvalue weighted by atomic mass is 10.0. The van der Waals surface area contributed by atoms with Crippen LogP contribution in [0, 0.1) is 20.8 Å². The predicted octanol–water partition coefficient (Wildman–Crippen LogP) is 5.15. The first-order chi connectivity index (χ1) is 11.4. The van der Waals surface area contributed by atoms with Crippen LogP contribution in [0.5, 0.6) is 0 Å². The third kappa shape index (κ3) is 3.55. The zero-order valence-corrected chi connectivity index (χ0v) is 16.0. The monoisotopic (exact) mass is 401 g/mol. The molecule has 0 aliphatic heterocycles. The minimum atomic E-state index is -0.192. The van der Waals surface area contributed by atoms with Gasteiger partial charge in [-0.1, -0.05) is 45.0 Å². The normalized spacial score (nSPS) is 10.7. The van der Waals surface area contributed by atoms with Crippen molar-refractivity contribution < 1.29 is 4.79 Å². The van der Waals surface area contributed by atoms with Gasteiger partial charge in [-0.15, -0.1) is 10.2 Å². The molecule has 1 aromatic heterocycles. The molecule has 0 aliphatic carbocycles. The third-order valence-corrected chi connectivity index (χ3v) is 5.03. The van der Waals surface area contributed by atoms with Crippen LogP contribution in [0.2, 0.25) is 0 Å². The molecule has 0 saturated carbocycles. The van der Waals surface area contributed by atoms with Crippen LogP contribution >= 0.6 is 27.3 Å². The quantitative estimate of drug-likeness (QED) is 0.660. The first-order valence-electron chi connectivity index (χ1n) is 7.42. The molecule has 1 N–H and O–H groups in total. The van der Waals surface area contributed by atoms with Crippen molar-refractivity contribution in [3.8, 4) is 10.6 Å². The van der Waals surface area contributed by atoms with E-state index in [1.54, 1.807) is 12.1 Å². The summed E-state index contributed by atoms with van der Waals surface area (Å²) in [5, 5.41) is 12.5. The predicted molar refractivity (Wildman–Crippen MR) is 102 cm³/mol. The van der Waals surface area contributed by atoms with Crippen molar-refractivity contribution in [2.45, 2.75) is 20.8 Å². The Kier molecular flexibility index (Phi) is 4.78. The van der Waals surface area contributed by atoms with Crippen LogP contribution in [0.1, 0.15) is 27.0 Å². The van der Waals surface area contributed by atoms with Crippen LogP contribution in [0.25, 0.3) is 10.6 Å². The van der Waals surface area contributed by atoms with E-state index in [-0.39, 0.29) is 5.91 Å². The topological polar surface area (TPSA) is 54.9 Å². The Labute approximate surface area is 153 Å². The lowest BCUT2D eigenvalue weighted by Crippen LogP contribution is -2.11. The van der Waals surface area contributed by atoms with Crippen LogP contribution in [-0.4, -0.2) is 16.1 Å². The summed E-state index contributed by atoms with van der Waals surface area (Å²) < 4.78 is 0.933. The van der Waals surface area contributed by atoms with Crippen molar-refractivity contribution in [1.82, 2.24) is 10.2 Å². The minimum absolute atomic E-state index is 0.192. The fourth-order valence-electron chi connectivity index (χ4n) is 2.66. The maximum absolute atomic E-state index is 12.3. The van der Waals surface area contributed by atoms with Crippen LogP contribution < -0.4 is 5.32 Å². The Morgan fingerprint density at radius 1 is 1.04 bits per heavy atom. The second-order valence-electron chi connectivity index (χ2n) is 5.65. The molecule has 0 bridgehead atoms. The Hall–Kier alpha value is -2.05. The van der Waals surface area contributed by atoms with Gasteiger partial charge in [0.15, 0.2) is 0 Å². The number of benzene rings is 2. The first kappa shape index (κ1) is 16.8. The second-order valence-corrected chi connectivity index (χ2v) is 7.54. The van der Waals surface area contributed by atoms with Gasteiger partial charge < -0.3 is 0 Å². The highest BCUT2D eigenvalue weighted by Gasteiger charge is 2.14. The maximum atomic E-state index is 12.3. The summed E-state index contributed by atoms with van der Waals surface area (Å²) in [7, 11) is 0. The highest BCUT2D eigenvalue weighted by atomic mass is 79.9. The molecule has 0 atom stereocenters. The summed E-state index contributed by atoms with van der Waals surface area (Å²) in [5.74, 6) is -0.192.